The van der Waals surface area contributed by atoms with Crippen LogP contribution in [0.4, 0.5) is 0 Å². The smallest absolute Gasteiger partial charge is 0.339 e. The van der Waals surface area contributed by atoms with E-state index < -0.39 is 32.6 Å². The molecule has 1 aliphatic rings. The zero-order valence-corrected chi connectivity index (χ0v) is 14.0. The molecule has 0 saturated carbocycles. The molecule has 0 amide bonds. The molecule has 1 heterocycles. The highest BCUT2D eigenvalue weighted by molar-refractivity contribution is 8.25. The average Bonchev–Trinajstić information content (AvgIpc) is 2.85. The molecule has 2 aromatic carbocycles. The Hall–Kier alpha value is -1.67. The minimum atomic E-state index is -2.96. The molecule has 1 aliphatic heterocycles. The first kappa shape index (κ1) is 16.2. The van der Waals surface area contributed by atoms with E-state index in [1.54, 1.807) is 48.5 Å². The van der Waals surface area contributed by atoms with E-state index >= 15 is 0 Å². The highest BCUT2D eigenvalue weighted by Crippen LogP contribution is 2.60. The zero-order chi connectivity index (χ0) is 16.6. The number of benzene rings is 2. The van der Waals surface area contributed by atoms with Gasteiger partial charge >= 0.3 is 5.97 Å². The highest BCUT2D eigenvalue weighted by atomic mass is 32.3. The number of methoxy groups -OCH3 is 1. The van der Waals surface area contributed by atoms with Gasteiger partial charge in [0, 0.05) is 0 Å². The number of hydrogen-bond acceptors (Lipinski definition) is 5. The Labute approximate surface area is 138 Å². The van der Waals surface area contributed by atoms with E-state index in [4.69, 9.17) is 4.74 Å². The lowest BCUT2D eigenvalue weighted by molar-refractivity contribution is 0.0596. The topological polar surface area (TPSA) is 83.8 Å². The minimum absolute atomic E-state index is 0.00549. The largest absolute Gasteiger partial charge is 0.465 e. The molecule has 0 aliphatic carbocycles. The number of ether oxygens (including phenoxy) is 1. The fourth-order valence-corrected chi connectivity index (χ4v) is 6.81. The molecule has 2 atom stereocenters. The van der Waals surface area contributed by atoms with Crippen LogP contribution >= 0.6 is 10.6 Å². The van der Waals surface area contributed by atoms with Crippen molar-refractivity contribution in [3.8, 4) is 0 Å². The summed E-state index contributed by atoms with van der Waals surface area (Å²) in [6.45, 7) is 0. The SMILES string of the molecule is COC(=O)c1ccccc1S(=O)C1CS(O)(O)c2ccccc21. The Morgan fingerprint density at radius 2 is 1.83 bits per heavy atom. The second-order valence-corrected chi connectivity index (χ2v) is 8.86. The van der Waals surface area contributed by atoms with Crippen LogP contribution in [0.25, 0.3) is 0 Å². The van der Waals surface area contributed by atoms with E-state index in [9.17, 15) is 18.1 Å². The molecule has 5 nitrogen and oxygen atoms in total. The van der Waals surface area contributed by atoms with E-state index in [0.29, 0.717) is 15.4 Å². The van der Waals surface area contributed by atoms with E-state index in [2.05, 4.69) is 0 Å². The first-order chi connectivity index (χ1) is 11.0. The van der Waals surface area contributed by atoms with Crippen LogP contribution in [-0.4, -0.2) is 32.1 Å². The van der Waals surface area contributed by atoms with Crippen LogP contribution in [0.1, 0.15) is 21.2 Å². The molecule has 0 spiro atoms. The highest BCUT2D eigenvalue weighted by Gasteiger charge is 2.39. The molecular formula is C16H16O5S2. The summed E-state index contributed by atoms with van der Waals surface area (Å²) in [4.78, 5) is 12.7. The maximum atomic E-state index is 13.0. The van der Waals surface area contributed by atoms with Gasteiger partial charge in [0.15, 0.2) is 0 Å². The van der Waals surface area contributed by atoms with Gasteiger partial charge in [0.05, 0.1) is 44.3 Å². The Bertz CT molecular complexity index is 788. The lowest BCUT2D eigenvalue weighted by atomic mass is 10.2. The molecule has 0 fully saturated rings. The summed E-state index contributed by atoms with van der Waals surface area (Å²) < 4.78 is 38.3. The van der Waals surface area contributed by atoms with Crippen LogP contribution in [0, 0.1) is 0 Å². The van der Waals surface area contributed by atoms with Gasteiger partial charge in [0.25, 0.3) is 0 Å². The molecule has 2 unspecified atom stereocenters. The predicted molar refractivity (Wildman–Crippen MR) is 89.4 cm³/mol. The number of fused-ring (bicyclic) bond motifs is 1. The molecule has 0 bridgehead atoms. The summed E-state index contributed by atoms with van der Waals surface area (Å²) in [5.74, 6) is -0.569. The first-order valence-corrected chi connectivity index (χ1v) is 9.81. The third kappa shape index (κ3) is 2.81. The van der Waals surface area contributed by atoms with Crippen molar-refractivity contribution in [3.05, 3.63) is 59.7 Å². The predicted octanol–water partition coefficient (Wildman–Crippen LogP) is 3.45. The second kappa shape index (κ2) is 6.09. The summed E-state index contributed by atoms with van der Waals surface area (Å²) in [5, 5.41) is -0.568. The normalized spacial score (nSPS) is 21.3. The quantitative estimate of drug-likeness (QED) is 0.827. The van der Waals surface area contributed by atoms with Gasteiger partial charge in [-0.2, -0.15) is 10.6 Å². The van der Waals surface area contributed by atoms with E-state index in [-0.39, 0.29) is 11.3 Å². The monoisotopic (exact) mass is 352 g/mol. The van der Waals surface area contributed by atoms with E-state index in [1.165, 1.54) is 7.11 Å². The lowest BCUT2D eigenvalue weighted by Gasteiger charge is -2.27. The maximum absolute atomic E-state index is 13.0. The van der Waals surface area contributed by atoms with Gasteiger partial charge in [-0.3, -0.25) is 13.3 Å². The summed E-state index contributed by atoms with van der Waals surface area (Å²) in [5.41, 5.74) is 0.889. The number of esters is 1. The zero-order valence-electron chi connectivity index (χ0n) is 12.3. The van der Waals surface area contributed by atoms with Crippen molar-refractivity contribution in [2.75, 3.05) is 12.9 Å². The fourth-order valence-electron chi connectivity index (χ4n) is 2.69. The van der Waals surface area contributed by atoms with Crippen LogP contribution in [-0.2, 0) is 15.5 Å². The minimum Gasteiger partial charge on any atom is -0.465 e. The van der Waals surface area contributed by atoms with Gasteiger partial charge in [-0.25, -0.2) is 4.79 Å². The Morgan fingerprint density at radius 3 is 2.57 bits per heavy atom. The van der Waals surface area contributed by atoms with E-state index in [1.807, 2.05) is 0 Å². The van der Waals surface area contributed by atoms with Crippen LogP contribution < -0.4 is 0 Å². The Balaban J connectivity index is 2.05. The maximum Gasteiger partial charge on any atom is 0.339 e. The Morgan fingerprint density at radius 1 is 1.17 bits per heavy atom. The van der Waals surface area contributed by atoms with Gasteiger partial charge in [0.2, 0.25) is 0 Å². The van der Waals surface area contributed by atoms with Crippen molar-refractivity contribution in [1.29, 1.82) is 0 Å². The third-order valence-corrected chi connectivity index (χ3v) is 7.58. The molecule has 0 radical (unpaired) electrons. The van der Waals surface area contributed by atoms with E-state index in [0.717, 1.165) is 0 Å². The molecule has 122 valence electrons. The van der Waals surface area contributed by atoms with Crippen LogP contribution in [0.3, 0.4) is 0 Å². The van der Waals surface area contributed by atoms with Crippen LogP contribution in [0.15, 0.2) is 58.3 Å². The molecule has 2 N–H and O–H groups in total. The summed E-state index contributed by atoms with van der Waals surface area (Å²) in [6, 6.07) is 13.4. The van der Waals surface area contributed by atoms with Crippen molar-refractivity contribution < 1.29 is 22.8 Å². The number of rotatable bonds is 3. The molecule has 0 aromatic heterocycles. The summed E-state index contributed by atoms with van der Waals surface area (Å²) in [7, 11) is -3.29. The first-order valence-electron chi connectivity index (χ1n) is 6.88. The Kier molecular flexibility index (Phi) is 4.29. The molecule has 23 heavy (non-hydrogen) atoms. The number of hydrogen-bond donors (Lipinski definition) is 2. The molecule has 0 saturated heterocycles. The number of carbonyl (C=O) groups excluding carboxylic acids is 1. The van der Waals surface area contributed by atoms with Crippen molar-refractivity contribution >= 4 is 27.4 Å². The molecule has 2 aromatic rings. The van der Waals surface area contributed by atoms with Crippen LogP contribution in [0.2, 0.25) is 0 Å². The summed E-state index contributed by atoms with van der Waals surface area (Å²) >= 11 is 0. The molecule has 7 heteroatoms. The third-order valence-electron chi connectivity index (χ3n) is 3.77. The number of carbonyl (C=O) groups is 1. The molecule has 3 rings (SSSR count). The average molecular weight is 352 g/mol. The van der Waals surface area contributed by atoms with Crippen molar-refractivity contribution in [1.82, 2.24) is 0 Å². The van der Waals surface area contributed by atoms with Crippen LogP contribution in [0.5, 0.6) is 0 Å². The standard InChI is InChI=1S/C16H16O5S2/c1-21-16(17)12-7-2-4-8-13(12)22(18)14-10-23(19,20)15-9-5-3-6-11(14)15/h2-9,14,19-20H,10H2,1H3. The van der Waals surface area contributed by atoms with Gasteiger partial charge < -0.3 is 4.74 Å². The van der Waals surface area contributed by atoms with Crippen molar-refractivity contribution in [3.63, 3.8) is 0 Å². The van der Waals surface area contributed by atoms with Gasteiger partial charge in [-0.05, 0) is 23.8 Å². The van der Waals surface area contributed by atoms with Gasteiger partial charge in [-0.15, -0.1) is 0 Å². The molecular weight excluding hydrogens is 336 g/mol. The van der Waals surface area contributed by atoms with Crippen molar-refractivity contribution in [2.45, 2.75) is 15.0 Å². The van der Waals surface area contributed by atoms with Gasteiger partial charge in [0.1, 0.15) is 0 Å². The second-order valence-electron chi connectivity index (χ2n) is 5.15. The van der Waals surface area contributed by atoms with Crippen molar-refractivity contribution in [2.24, 2.45) is 0 Å². The summed E-state index contributed by atoms with van der Waals surface area (Å²) in [6.07, 6.45) is 0. The van der Waals surface area contributed by atoms with Gasteiger partial charge in [-0.1, -0.05) is 30.3 Å². The fraction of sp³-hybridized carbons (Fsp3) is 0.188. The lowest BCUT2D eigenvalue weighted by Crippen LogP contribution is -2.13.